The van der Waals surface area contributed by atoms with E-state index in [1.807, 2.05) is 40.6 Å². The molecule has 1 aromatic carbocycles. The molecule has 6 nitrogen and oxygen atoms in total. The van der Waals surface area contributed by atoms with Gasteiger partial charge in [-0.25, -0.2) is 0 Å². The van der Waals surface area contributed by atoms with Crippen LogP contribution >= 0.6 is 11.3 Å². The molecular formula is C19H20N2O4S. The fourth-order valence-corrected chi connectivity index (χ4v) is 3.89. The number of fused-ring (bicyclic) bond motifs is 1. The molecule has 2 aromatic rings. The summed E-state index contributed by atoms with van der Waals surface area (Å²) in [6, 6.07) is 11.3. The largest absolute Gasteiger partial charge is 0.485 e. The van der Waals surface area contributed by atoms with Crippen molar-refractivity contribution in [3.8, 4) is 11.5 Å². The highest BCUT2D eigenvalue weighted by atomic mass is 32.1. The van der Waals surface area contributed by atoms with E-state index < -0.39 is 6.10 Å². The van der Waals surface area contributed by atoms with Crippen molar-refractivity contribution in [2.75, 3.05) is 32.8 Å². The fourth-order valence-electron chi connectivity index (χ4n) is 3.20. The maximum Gasteiger partial charge on any atom is 0.267 e. The van der Waals surface area contributed by atoms with E-state index in [4.69, 9.17) is 9.47 Å². The van der Waals surface area contributed by atoms with Gasteiger partial charge in [0.1, 0.15) is 6.61 Å². The summed E-state index contributed by atoms with van der Waals surface area (Å²) in [7, 11) is 0. The molecule has 7 heteroatoms. The van der Waals surface area contributed by atoms with Gasteiger partial charge in [0, 0.05) is 31.1 Å². The third-order valence-electron chi connectivity index (χ3n) is 4.63. The molecule has 2 aliphatic heterocycles. The number of hydrogen-bond donors (Lipinski definition) is 0. The Labute approximate surface area is 155 Å². The smallest absolute Gasteiger partial charge is 0.267 e. The van der Waals surface area contributed by atoms with Gasteiger partial charge >= 0.3 is 0 Å². The van der Waals surface area contributed by atoms with Gasteiger partial charge in [-0.1, -0.05) is 18.2 Å². The first kappa shape index (κ1) is 16.9. The second-order valence-corrected chi connectivity index (χ2v) is 7.36. The van der Waals surface area contributed by atoms with Crippen molar-refractivity contribution in [3.63, 3.8) is 0 Å². The minimum Gasteiger partial charge on any atom is -0.485 e. The molecule has 1 aromatic heterocycles. The third kappa shape index (κ3) is 3.53. The van der Waals surface area contributed by atoms with Crippen LogP contribution in [0.4, 0.5) is 0 Å². The number of carbonyl (C=O) groups excluding carboxylic acids is 2. The highest BCUT2D eigenvalue weighted by Crippen LogP contribution is 2.31. The quantitative estimate of drug-likeness (QED) is 0.824. The molecule has 0 saturated carbocycles. The van der Waals surface area contributed by atoms with E-state index in [1.54, 1.807) is 22.3 Å². The van der Waals surface area contributed by atoms with Gasteiger partial charge in [-0.2, -0.15) is 0 Å². The molecule has 2 aliphatic rings. The molecule has 0 bridgehead atoms. The molecule has 0 N–H and O–H groups in total. The van der Waals surface area contributed by atoms with Crippen molar-refractivity contribution in [1.29, 1.82) is 0 Å². The molecular weight excluding hydrogens is 352 g/mol. The number of amides is 2. The lowest BCUT2D eigenvalue weighted by Crippen LogP contribution is -2.55. The number of piperazine rings is 1. The Kier molecular flexibility index (Phi) is 4.79. The predicted octanol–water partition coefficient (Wildman–Crippen LogP) is 1.80. The number of benzene rings is 1. The number of hydrogen-bond acceptors (Lipinski definition) is 5. The van der Waals surface area contributed by atoms with Crippen molar-refractivity contribution in [2.24, 2.45) is 0 Å². The molecule has 1 saturated heterocycles. The number of nitrogens with zero attached hydrogens (tertiary/aromatic N) is 2. The standard InChI is InChI=1S/C19H20N2O4S/c22-18(12-14-4-3-11-26-14)20-7-9-21(10-8-20)19(23)17-13-24-15-5-1-2-6-16(15)25-17/h1-6,11,17H,7-10,12-13H2. The van der Waals surface area contributed by atoms with Crippen molar-refractivity contribution < 1.29 is 19.1 Å². The van der Waals surface area contributed by atoms with Crippen LogP contribution in [0, 0.1) is 0 Å². The Morgan fingerprint density at radius 1 is 1.00 bits per heavy atom. The minimum absolute atomic E-state index is 0.0788. The van der Waals surface area contributed by atoms with Gasteiger partial charge in [0.2, 0.25) is 12.0 Å². The zero-order valence-electron chi connectivity index (χ0n) is 14.3. The highest BCUT2D eigenvalue weighted by molar-refractivity contribution is 7.10. The van der Waals surface area contributed by atoms with Crippen LogP contribution in [-0.2, 0) is 16.0 Å². The molecule has 26 heavy (non-hydrogen) atoms. The summed E-state index contributed by atoms with van der Waals surface area (Å²) in [5.41, 5.74) is 0. The molecule has 2 amide bonds. The second kappa shape index (κ2) is 7.37. The maximum absolute atomic E-state index is 12.7. The Morgan fingerprint density at radius 3 is 2.46 bits per heavy atom. The normalized spacial score (nSPS) is 19.3. The monoisotopic (exact) mass is 372 g/mol. The average Bonchev–Trinajstić information content (AvgIpc) is 3.20. The summed E-state index contributed by atoms with van der Waals surface area (Å²) >= 11 is 1.59. The summed E-state index contributed by atoms with van der Waals surface area (Å²) in [5, 5.41) is 1.98. The summed E-state index contributed by atoms with van der Waals surface area (Å²) in [4.78, 5) is 29.7. The van der Waals surface area contributed by atoms with Crippen molar-refractivity contribution >= 4 is 23.2 Å². The zero-order chi connectivity index (χ0) is 17.9. The summed E-state index contributed by atoms with van der Waals surface area (Å²) < 4.78 is 11.4. The summed E-state index contributed by atoms with van der Waals surface area (Å²) in [6.45, 7) is 2.38. The number of thiophene rings is 1. The van der Waals surface area contributed by atoms with Crippen LogP contribution in [0.3, 0.4) is 0 Å². The van der Waals surface area contributed by atoms with Gasteiger partial charge in [-0.3, -0.25) is 9.59 Å². The van der Waals surface area contributed by atoms with Crippen molar-refractivity contribution in [2.45, 2.75) is 12.5 Å². The van der Waals surface area contributed by atoms with Crippen LogP contribution in [0.15, 0.2) is 41.8 Å². The highest BCUT2D eigenvalue weighted by Gasteiger charge is 2.33. The number of para-hydroxylation sites is 2. The molecule has 1 fully saturated rings. The van der Waals surface area contributed by atoms with Crippen LogP contribution < -0.4 is 9.47 Å². The first-order chi connectivity index (χ1) is 12.7. The minimum atomic E-state index is -0.627. The van der Waals surface area contributed by atoms with Crippen LogP contribution in [0.5, 0.6) is 11.5 Å². The van der Waals surface area contributed by atoms with Gasteiger partial charge in [-0.15, -0.1) is 11.3 Å². The zero-order valence-corrected chi connectivity index (χ0v) is 15.1. The van der Waals surface area contributed by atoms with E-state index in [-0.39, 0.29) is 18.4 Å². The number of ether oxygens (including phenoxy) is 2. The molecule has 0 spiro atoms. The summed E-state index contributed by atoms with van der Waals surface area (Å²) in [5.74, 6) is 1.30. The van der Waals surface area contributed by atoms with E-state index in [9.17, 15) is 9.59 Å². The molecule has 3 heterocycles. The molecule has 4 rings (SSSR count). The average molecular weight is 372 g/mol. The molecule has 1 atom stereocenters. The van der Waals surface area contributed by atoms with Crippen molar-refractivity contribution in [1.82, 2.24) is 9.80 Å². The SMILES string of the molecule is O=C(Cc1cccs1)N1CCN(C(=O)C2COc3ccccc3O2)CC1. The lowest BCUT2D eigenvalue weighted by atomic mass is 10.2. The van der Waals surface area contributed by atoms with Crippen LogP contribution in [0.2, 0.25) is 0 Å². The van der Waals surface area contributed by atoms with E-state index in [2.05, 4.69) is 0 Å². The van der Waals surface area contributed by atoms with Crippen molar-refractivity contribution in [3.05, 3.63) is 46.7 Å². The lowest BCUT2D eigenvalue weighted by Gasteiger charge is -2.37. The lowest BCUT2D eigenvalue weighted by molar-refractivity contribution is -0.146. The van der Waals surface area contributed by atoms with Gasteiger partial charge in [0.05, 0.1) is 6.42 Å². The Bertz CT molecular complexity index is 785. The maximum atomic E-state index is 12.7. The van der Waals surface area contributed by atoms with Crippen LogP contribution in [0.25, 0.3) is 0 Å². The first-order valence-corrected chi connectivity index (χ1v) is 9.56. The first-order valence-electron chi connectivity index (χ1n) is 8.68. The fraction of sp³-hybridized carbons (Fsp3) is 0.368. The predicted molar refractivity (Wildman–Crippen MR) is 97.5 cm³/mol. The number of carbonyl (C=O) groups is 2. The number of rotatable bonds is 3. The topological polar surface area (TPSA) is 59.1 Å². The molecule has 0 radical (unpaired) electrons. The Hall–Kier alpha value is -2.54. The van der Waals surface area contributed by atoms with Crippen LogP contribution in [-0.4, -0.2) is 60.5 Å². The second-order valence-electron chi connectivity index (χ2n) is 6.33. The van der Waals surface area contributed by atoms with Gasteiger partial charge in [0.15, 0.2) is 11.5 Å². The third-order valence-corrected chi connectivity index (χ3v) is 5.51. The summed E-state index contributed by atoms with van der Waals surface area (Å²) in [6.07, 6.45) is -0.194. The van der Waals surface area contributed by atoms with Gasteiger partial charge in [-0.05, 0) is 23.6 Å². The Morgan fingerprint density at radius 2 is 1.73 bits per heavy atom. The molecule has 1 unspecified atom stereocenters. The van der Waals surface area contributed by atoms with Crippen LogP contribution in [0.1, 0.15) is 4.88 Å². The van der Waals surface area contributed by atoms with Gasteiger partial charge < -0.3 is 19.3 Å². The van der Waals surface area contributed by atoms with E-state index in [0.29, 0.717) is 44.1 Å². The Balaban J connectivity index is 1.30. The van der Waals surface area contributed by atoms with E-state index >= 15 is 0 Å². The molecule has 0 aliphatic carbocycles. The van der Waals surface area contributed by atoms with Gasteiger partial charge in [0.25, 0.3) is 5.91 Å². The molecule has 136 valence electrons. The van der Waals surface area contributed by atoms with E-state index in [1.165, 1.54) is 0 Å². The van der Waals surface area contributed by atoms with E-state index in [0.717, 1.165) is 4.88 Å².